The molecule has 1 aliphatic heterocycles. The van der Waals surface area contributed by atoms with E-state index in [2.05, 4.69) is 10.6 Å². The van der Waals surface area contributed by atoms with E-state index in [1.54, 1.807) is 59.1 Å². The van der Waals surface area contributed by atoms with E-state index in [1.165, 1.54) is 29.2 Å². The third-order valence-corrected chi connectivity index (χ3v) is 8.63. The number of hydrogen-bond donors (Lipinski definition) is 2. The summed E-state index contributed by atoms with van der Waals surface area (Å²) in [7, 11) is -0.953. The van der Waals surface area contributed by atoms with E-state index in [4.69, 9.17) is 9.47 Å². The first-order chi connectivity index (χ1) is 20.6. The smallest absolute Gasteiger partial charge is 0.414 e. The summed E-state index contributed by atoms with van der Waals surface area (Å²) in [6, 6.07) is 9.93. The van der Waals surface area contributed by atoms with Crippen molar-refractivity contribution in [3.05, 3.63) is 59.7 Å². The van der Waals surface area contributed by atoms with Crippen molar-refractivity contribution >= 4 is 33.9 Å². The molecule has 2 aromatic rings. The highest BCUT2D eigenvalue weighted by molar-refractivity contribution is 7.89. The van der Waals surface area contributed by atoms with Crippen molar-refractivity contribution in [2.75, 3.05) is 27.2 Å². The highest BCUT2D eigenvalue weighted by atomic mass is 32.2. The molecule has 44 heavy (non-hydrogen) atoms. The SMILES string of the molecule is CCCNC(=O)c1ccc(S(=O)(=O)N2CCC[C@H]2C(=O)N[C@@H](Cc2ccc(OC(=O)N(C)C)cc2)C(=O)OC(C)(C)C)cc1. The summed E-state index contributed by atoms with van der Waals surface area (Å²) < 4.78 is 39.1. The van der Waals surface area contributed by atoms with Crippen LogP contribution in [0, 0.1) is 0 Å². The lowest BCUT2D eigenvalue weighted by atomic mass is 10.0. The first-order valence-corrected chi connectivity index (χ1v) is 16.0. The summed E-state index contributed by atoms with van der Waals surface area (Å²) in [5.74, 6) is -1.27. The van der Waals surface area contributed by atoms with Gasteiger partial charge in [0, 0.05) is 39.2 Å². The number of benzene rings is 2. The fraction of sp³-hybridized carbons (Fsp3) is 0.484. The summed E-state index contributed by atoms with van der Waals surface area (Å²) in [5.41, 5.74) is 0.161. The summed E-state index contributed by atoms with van der Waals surface area (Å²) in [4.78, 5) is 52.1. The van der Waals surface area contributed by atoms with E-state index in [-0.39, 0.29) is 30.2 Å². The molecule has 0 unspecified atom stereocenters. The van der Waals surface area contributed by atoms with Crippen molar-refractivity contribution in [1.82, 2.24) is 19.8 Å². The minimum Gasteiger partial charge on any atom is -0.458 e. The van der Waals surface area contributed by atoms with Crippen molar-refractivity contribution in [1.29, 1.82) is 0 Å². The molecule has 240 valence electrons. The molecule has 0 bridgehead atoms. The lowest BCUT2D eigenvalue weighted by Crippen LogP contribution is -2.52. The highest BCUT2D eigenvalue weighted by Gasteiger charge is 2.41. The zero-order valence-corrected chi connectivity index (χ0v) is 26.9. The molecule has 1 saturated heterocycles. The predicted octanol–water partition coefficient (Wildman–Crippen LogP) is 3.11. The second-order valence-electron chi connectivity index (χ2n) is 11.8. The Balaban J connectivity index is 1.78. The number of nitrogens with zero attached hydrogens (tertiary/aromatic N) is 2. The van der Waals surface area contributed by atoms with Gasteiger partial charge in [-0.25, -0.2) is 18.0 Å². The second-order valence-corrected chi connectivity index (χ2v) is 13.6. The molecular formula is C31H42N4O8S. The highest BCUT2D eigenvalue weighted by Crippen LogP contribution is 2.27. The molecule has 3 amide bonds. The van der Waals surface area contributed by atoms with Gasteiger partial charge in [0.25, 0.3) is 5.91 Å². The van der Waals surface area contributed by atoms with Gasteiger partial charge >= 0.3 is 12.1 Å². The van der Waals surface area contributed by atoms with Crippen molar-refractivity contribution in [3.63, 3.8) is 0 Å². The first kappa shape index (κ1) is 34.5. The van der Waals surface area contributed by atoms with Crippen LogP contribution < -0.4 is 15.4 Å². The van der Waals surface area contributed by atoms with E-state index in [9.17, 15) is 27.6 Å². The summed E-state index contributed by atoms with van der Waals surface area (Å²) in [6.07, 6.45) is 1.02. The third kappa shape index (κ3) is 9.26. The molecule has 3 rings (SSSR count). The molecule has 0 saturated carbocycles. The lowest BCUT2D eigenvalue weighted by molar-refractivity contribution is -0.158. The van der Waals surface area contributed by atoms with Gasteiger partial charge in [-0.05, 0) is 82.0 Å². The Labute approximate surface area is 259 Å². The fourth-order valence-corrected chi connectivity index (χ4v) is 6.16. The molecule has 0 aliphatic carbocycles. The Morgan fingerprint density at radius 3 is 2.23 bits per heavy atom. The van der Waals surface area contributed by atoms with Crippen LogP contribution >= 0.6 is 0 Å². The molecule has 0 spiro atoms. The maximum absolute atomic E-state index is 13.6. The maximum Gasteiger partial charge on any atom is 0.414 e. The summed E-state index contributed by atoms with van der Waals surface area (Å²) >= 11 is 0. The van der Waals surface area contributed by atoms with Gasteiger partial charge in [0.2, 0.25) is 15.9 Å². The Morgan fingerprint density at radius 1 is 1.02 bits per heavy atom. The van der Waals surface area contributed by atoms with Crippen LogP contribution in [-0.4, -0.2) is 86.4 Å². The normalized spacial score (nSPS) is 16.1. The summed E-state index contributed by atoms with van der Waals surface area (Å²) in [5, 5.41) is 5.47. The zero-order valence-electron chi connectivity index (χ0n) is 26.1. The predicted molar refractivity (Wildman–Crippen MR) is 164 cm³/mol. The number of amides is 3. The molecule has 0 radical (unpaired) electrons. The largest absolute Gasteiger partial charge is 0.458 e. The van der Waals surface area contributed by atoms with Gasteiger partial charge in [-0.3, -0.25) is 9.59 Å². The Kier molecular flexibility index (Phi) is 11.5. The quantitative estimate of drug-likeness (QED) is 0.360. The van der Waals surface area contributed by atoms with Crippen molar-refractivity contribution < 1.29 is 37.1 Å². The standard InChI is InChI=1S/C31H42N4O8S/c1-7-18-32-27(36)22-12-16-24(17-13-22)44(40,41)35-19-8-9-26(35)28(37)33-25(29(38)43-31(2,3)4)20-21-10-14-23(15-11-21)42-30(39)34(5)6/h10-17,25-26H,7-9,18-20H2,1-6H3,(H,32,36)(H,33,37)/t25-,26-/m0/s1. The van der Waals surface area contributed by atoms with E-state index in [1.807, 2.05) is 6.92 Å². The van der Waals surface area contributed by atoms with E-state index in [0.29, 0.717) is 29.8 Å². The van der Waals surface area contributed by atoms with Crippen LogP contribution in [0.15, 0.2) is 53.4 Å². The van der Waals surface area contributed by atoms with Gasteiger partial charge in [0.05, 0.1) is 4.90 Å². The van der Waals surface area contributed by atoms with Gasteiger partial charge < -0.3 is 25.0 Å². The van der Waals surface area contributed by atoms with Gasteiger partial charge in [0.15, 0.2) is 0 Å². The Morgan fingerprint density at radius 2 is 1.66 bits per heavy atom. The van der Waals surface area contributed by atoms with Gasteiger partial charge in [-0.15, -0.1) is 0 Å². The molecule has 1 heterocycles. The topological polar surface area (TPSA) is 151 Å². The van der Waals surface area contributed by atoms with E-state index < -0.39 is 45.7 Å². The lowest BCUT2D eigenvalue weighted by Gasteiger charge is -2.28. The second kappa shape index (κ2) is 14.7. The van der Waals surface area contributed by atoms with Crippen LogP contribution in [-0.2, 0) is 30.8 Å². The number of esters is 1. The zero-order chi connectivity index (χ0) is 32.7. The van der Waals surface area contributed by atoms with Crippen LogP contribution in [0.4, 0.5) is 4.79 Å². The van der Waals surface area contributed by atoms with Gasteiger partial charge in [-0.2, -0.15) is 4.31 Å². The molecule has 2 aromatic carbocycles. The number of rotatable bonds is 11. The Bertz CT molecular complexity index is 1430. The third-order valence-electron chi connectivity index (χ3n) is 6.71. The molecule has 2 N–H and O–H groups in total. The average Bonchev–Trinajstić information content (AvgIpc) is 3.47. The van der Waals surface area contributed by atoms with Crippen molar-refractivity contribution in [2.45, 2.75) is 76.0 Å². The number of carbonyl (C=O) groups is 4. The summed E-state index contributed by atoms with van der Waals surface area (Å²) in [6.45, 7) is 7.69. The molecule has 1 fully saturated rings. The monoisotopic (exact) mass is 630 g/mol. The van der Waals surface area contributed by atoms with Gasteiger partial charge in [0.1, 0.15) is 23.4 Å². The first-order valence-electron chi connectivity index (χ1n) is 14.5. The molecule has 1 aliphatic rings. The molecule has 12 nitrogen and oxygen atoms in total. The van der Waals surface area contributed by atoms with E-state index >= 15 is 0 Å². The average molecular weight is 631 g/mol. The number of hydrogen-bond acceptors (Lipinski definition) is 8. The maximum atomic E-state index is 13.6. The minimum absolute atomic E-state index is 0.0389. The Hall–Kier alpha value is -3.97. The van der Waals surface area contributed by atoms with Crippen LogP contribution in [0.5, 0.6) is 5.75 Å². The van der Waals surface area contributed by atoms with Gasteiger partial charge in [-0.1, -0.05) is 19.1 Å². The molecule has 13 heteroatoms. The number of nitrogens with one attached hydrogen (secondary N) is 2. The molecular weight excluding hydrogens is 588 g/mol. The number of ether oxygens (including phenoxy) is 2. The van der Waals surface area contributed by atoms with E-state index in [0.717, 1.165) is 10.7 Å². The molecule has 2 atom stereocenters. The van der Waals surface area contributed by atoms with Crippen LogP contribution in [0.3, 0.4) is 0 Å². The number of sulfonamides is 1. The molecule has 0 aromatic heterocycles. The van der Waals surface area contributed by atoms with Crippen LogP contribution in [0.2, 0.25) is 0 Å². The van der Waals surface area contributed by atoms with Crippen LogP contribution in [0.25, 0.3) is 0 Å². The number of carbonyl (C=O) groups excluding carboxylic acids is 4. The fourth-order valence-electron chi connectivity index (χ4n) is 4.50. The van der Waals surface area contributed by atoms with Crippen molar-refractivity contribution in [2.24, 2.45) is 0 Å². The van der Waals surface area contributed by atoms with Crippen LogP contribution in [0.1, 0.15) is 62.9 Å². The minimum atomic E-state index is -4.08. The van der Waals surface area contributed by atoms with Crippen molar-refractivity contribution in [3.8, 4) is 5.75 Å².